The highest BCUT2D eigenvalue weighted by atomic mass is 32.2. The third-order valence-electron chi connectivity index (χ3n) is 5.73. The van der Waals surface area contributed by atoms with Crippen molar-refractivity contribution in [3.63, 3.8) is 0 Å². The molecule has 0 saturated carbocycles. The monoisotopic (exact) mass is 506 g/mol. The van der Waals surface area contributed by atoms with Crippen LogP contribution in [0.5, 0.6) is 5.75 Å². The van der Waals surface area contributed by atoms with E-state index < -0.39 is 46.6 Å². The van der Waals surface area contributed by atoms with E-state index in [1.54, 1.807) is 6.07 Å². The molecule has 1 heterocycles. The normalized spacial score (nSPS) is 15.4. The molecule has 0 bridgehead atoms. The lowest BCUT2D eigenvalue weighted by atomic mass is 10.0. The van der Waals surface area contributed by atoms with Gasteiger partial charge in [0.15, 0.2) is 11.6 Å². The lowest BCUT2D eigenvalue weighted by Crippen LogP contribution is -2.44. The van der Waals surface area contributed by atoms with Crippen LogP contribution in [0.3, 0.4) is 0 Å². The summed E-state index contributed by atoms with van der Waals surface area (Å²) >= 11 is 0.927. The van der Waals surface area contributed by atoms with Gasteiger partial charge in [-0.1, -0.05) is 20.8 Å². The van der Waals surface area contributed by atoms with Crippen LogP contribution in [0.1, 0.15) is 42.4 Å². The summed E-state index contributed by atoms with van der Waals surface area (Å²) in [6.07, 6.45) is 0.0116. The number of ketones is 1. The molecular weight excluding hydrogens is 484 g/mol. The number of carbonyl (C=O) groups is 1. The molecule has 0 spiro atoms. The van der Waals surface area contributed by atoms with E-state index in [-0.39, 0.29) is 21.2 Å². The Morgan fingerprint density at radius 3 is 2.25 bits per heavy atom. The number of halogens is 4. The SMILES string of the molecule is CC(C)(C)[Si](C)(C)Oc1ccc(-c2cc3c(s2)C=C(S(=O)(=O)C(F)(F)F)CC3=O)cc1F. The molecule has 0 atom stereocenters. The fraction of sp³-hybridized carbons (Fsp3) is 0.381. The molecule has 3 rings (SSSR count). The van der Waals surface area contributed by atoms with Gasteiger partial charge in [-0.05, 0) is 54.0 Å². The largest absolute Gasteiger partial charge is 0.542 e. The molecule has 1 aliphatic carbocycles. The summed E-state index contributed by atoms with van der Waals surface area (Å²) < 4.78 is 82.8. The van der Waals surface area contributed by atoms with Crippen LogP contribution in [0, 0.1) is 5.82 Å². The average molecular weight is 507 g/mol. The topological polar surface area (TPSA) is 60.4 Å². The minimum atomic E-state index is -5.60. The predicted molar refractivity (Wildman–Crippen MR) is 119 cm³/mol. The van der Waals surface area contributed by atoms with Crippen LogP contribution in [0.15, 0.2) is 29.2 Å². The molecule has 0 N–H and O–H groups in total. The Bertz CT molecular complexity index is 1220. The van der Waals surface area contributed by atoms with Gasteiger partial charge >= 0.3 is 5.51 Å². The fourth-order valence-corrected chi connectivity index (χ4v) is 5.94. The minimum absolute atomic E-state index is 0.0982. The van der Waals surface area contributed by atoms with Crippen molar-refractivity contribution in [2.45, 2.75) is 50.8 Å². The molecule has 1 aromatic heterocycles. The Morgan fingerprint density at radius 2 is 1.72 bits per heavy atom. The molecule has 0 radical (unpaired) electrons. The summed E-state index contributed by atoms with van der Waals surface area (Å²) in [4.78, 5) is 11.9. The molecule has 2 aromatic rings. The number of benzene rings is 1. The molecule has 0 amide bonds. The smallest absolute Gasteiger partial charge is 0.501 e. The summed E-state index contributed by atoms with van der Waals surface area (Å²) in [5.41, 5.74) is -4.96. The number of thiophene rings is 1. The molecule has 4 nitrogen and oxygen atoms in total. The first-order chi connectivity index (χ1) is 14.4. The summed E-state index contributed by atoms with van der Waals surface area (Å²) in [6.45, 7) is 10.1. The standard InChI is InChI=1S/C21H22F4O4S2Si/c1-20(2,3)32(4,5)29-17-7-6-12(8-15(17)22)18-11-14-16(26)9-13(10-19(14)30-18)31(27,28)21(23,24)25/h6-8,10-11H,9H2,1-5H3. The number of rotatable bonds is 4. The predicted octanol–water partition coefficient (Wildman–Crippen LogP) is 6.80. The summed E-state index contributed by atoms with van der Waals surface area (Å²) in [5, 5.41) is -0.133. The van der Waals surface area contributed by atoms with Gasteiger partial charge in [-0.2, -0.15) is 13.2 Å². The molecule has 1 aliphatic rings. The lowest BCUT2D eigenvalue weighted by Gasteiger charge is -2.36. The number of carbonyl (C=O) groups excluding carboxylic acids is 1. The van der Waals surface area contributed by atoms with Crippen molar-refractivity contribution in [2.24, 2.45) is 0 Å². The van der Waals surface area contributed by atoms with Crippen molar-refractivity contribution in [3.8, 4) is 16.2 Å². The number of hydrogen-bond donors (Lipinski definition) is 0. The van der Waals surface area contributed by atoms with Crippen molar-refractivity contribution in [1.29, 1.82) is 0 Å². The van der Waals surface area contributed by atoms with E-state index in [0.29, 0.717) is 10.4 Å². The van der Waals surface area contributed by atoms with Gasteiger partial charge in [-0.15, -0.1) is 11.3 Å². The van der Waals surface area contributed by atoms with Crippen molar-refractivity contribution in [1.82, 2.24) is 0 Å². The van der Waals surface area contributed by atoms with Crippen LogP contribution in [0.2, 0.25) is 18.1 Å². The van der Waals surface area contributed by atoms with E-state index in [1.165, 1.54) is 18.2 Å². The van der Waals surface area contributed by atoms with E-state index >= 15 is 0 Å². The van der Waals surface area contributed by atoms with Gasteiger partial charge in [0.1, 0.15) is 5.75 Å². The third kappa shape index (κ3) is 4.42. The Balaban J connectivity index is 1.97. The number of sulfone groups is 1. The maximum Gasteiger partial charge on any atom is 0.501 e. The fourth-order valence-electron chi connectivity index (χ4n) is 2.81. The van der Waals surface area contributed by atoms with Crippen molar-refractivity contribution in [2.75, 3.05) is 0 Å². The van der Waals surface area contributed by atoms with Crippen LogP contribution in [0.4, 0.5) is 17.6 Å². The quantitative estimate of drug-likeness (QED) is 0.338. The van der Waals surface area contributed by atoms with Crippen LogP contribution < -0.4 is 4.43 Å². The number of allylic oxidation sites excluding steroid dienone is 1. The zero-order chi connectivity index (χ0) is 24.3. The average Bonchev–Trinajstić information content (AvgIpc) is 3.06. The molecule has 1 aromatic carbocycles. The Labute approximate surface area is 189 Å². The minimum Gasteiger partial charge on any atom is -0.542 e. The van der Waals surface area contributed by atoms with E-state index in [4.69, 9.17) is 4.43 Å². The number of fused-ring (bicyclic) bond motifs is 1. The van der Waals surface area contributed by atoms with Crippen LogP contribution in [0.25, 0.3) is 16.5 Å². The zero-order valence-electron chi connectivity index (χ0n) is 18.1. The highest BCUT2D eigenvalue weighted by Crippen LogP contribution is 2.42. The van der Waals surface area contributed by atoms with E-state index in [9.17, 15) is 30.8 Å². The van der Waals surface area contributed by atoms with Crippen LogP contribution in [-0.2, 0) is 9.84 Å². The van der Waals surface area contributed by atoms with E-state index in [0.717, 1.165) is 17.4 Å². The second-order valence-corrected chi connectivity index (χ2v) is 16.9. The second kappa shape index (κ2) is 7.81. The maximum absolute atomic E-state index is 14.8. The van der Waals surface area contributed by atoms with Gasteiger partial charge in [-0.3, -0.25) is 4.79 Å². The van der Waals surface area contributed by atoms with Gasteiger partial charge in [0.2, 0.25) is 0 Å². The first kappa shape index (κ1) is 24.7. The highest BCUT2D eigenvalue weighted by Gasteiger charge is 2.49. The maximum atomic E-state index is 14.8. The number of Topliss-reactive ketones (excluding diaryl/α,β-unsaturated/α-hetero) is 1. The molecule has 0 saturated heterocycles. The van der Waals surface area contributed by atoms with Gasteiger partial charge in [0.05, 0.1) is 4.91 Å². The molecule has 11 heteroatoms. The Hall–Kier alpha value is -1.98. The van der Waals surface area contributed by atoms with Crippen LogP contribution in [-0.4, -0.2) is 28.0 Å². The van der Waals surface area contributed by atoms with Gasteiger partial charge in [-0.25, -0.2) is 12.8 Å². The first-order valence-electron chi connectivity index (χ1n) is 9.62. The van der Waals surface area contributed by atoms with Crippen LogP contribution >= 0.6 is 11.3 Å². The zero-order valence-corrected chi connectivity index (χ0v) is 20.7. The van der Waals surface area contributed by atoms with E-state index in [1.807, 2.05) is 33.9 Å². The van der Waals surface area contributed by atoms with Gasteiger partial charge in [0.25, 0.3) is 18.2 Å². The molecule has 0 aliphatic heterocycles. The molecular formula is C21H22F4O4S2Si. The number of alkyl halides is 3. The highest BCUT2D eigenvalue weighted by molar-refractivity contribution is 7.96. The second-order valence-electron chi connectivity index (χ2n) is 9.06. The van der Waals surface area contributed by atoms with Gasteiger partial charge in [0, 0.05) is 21.7 Å². The molecule has 32 heavy (non-hydrogen) atoms. The lowest BCUT2D eigenvalue weighted by molar-refractivity contribution is -0.0426. The van der Waals surface area contributed by atoms with Gasteiger partial charge < -0.3 is 4.43 Å². The van der Waals surface area contributed by atoms with Crippen molar-refractivity contribution in [3.05, 3.63) is 45.4 Å². The summed E-state index contributed by atoms with van der Waals surface area (Å²) in [7, 11) is -7.87. The summed E-state index contributed by atoms with van der Waals surface area (Å²) in [6, 6.07) is 5.77. The van der Waals surface area contributed by atoms with Crippen molar-refractivity contribution < 1.29 is 35.2 Å². The third-order valence-corrected chi connectivity index (χ3v) is 12.8. The number of hydrogen-bond acceptors (Lipinski definition) is 5. The Kier molecular flexibility index (Phi) is 6.01. The molecule has 174 valence electrons. The Morgan fingerprint density at radius 1 is 1.09 bits per heavy atom. The first-order valence-corrected chi connectivity index (χ1v) is 14.8. The molecule has 0 fully saturated rings. The summed E-state index contributed by atoms with van der Waals surface area (Å²) in [5.74, 6) is -1.22. The van der Waals surface area contributed by atoms with E-state index in [2.05, 4.69) is 0 Å². The van der Waals surface area contributed by atoms with Crippen molar-refractivity contribution >= 4 is 41.4 Å². The molecule has 0 unspecified atom stereocenters.